The molecule has 0 aromatic carbocycles. The Hall–Kier alpha value is -1.00. The van der Waals surface area contributed by atoms with Crippen molar-refractivity contribution in [3.05, 3.63) is 23.8 Å². The number of rotatable bonds is 6. The van der Waals surface area contributed by atoms with Crippen LogP contribution in [-0.2, 0) is 17.6 Å². The molecular formula is C11H19N3O. The summed E-state index contributed by atoms with van der Waals surface area (Å²) in [4.78, 5) is 8.56. The van der Waals surface area contributed by atoms with Gasteiger partial charge in [0.05, 0.1) is 0 Å². The van der Waals surface area contributed by atoms with Crippen LogP contribution < -0.4 is 5.73 Å². The predicted octanol–water partition coefficient (Wildman–Crippen LogP) is 0.945. The van der Waals surface area contributed by atoms with Gasteiger partial charge in [0, 0.05) is 38.6 Å². The van der Waals surface area contributed by atoms with Gasteiger partial charge >= 0.3 is 0 Å². The van der Waals surface area contributed by atoms with E-state index in [2.05, 4.69) is 9.97 Å². The highest BCUT2D eigenvalue weighted by molar-refractivity contribution is 5.06. The standard InChI is InChI=1S/C11H19N3O/c1-9(12)6-10-7-13-11(14-8-10)4-3-5-15-2/h7-9H,3-6,12H2,1-2H3. The minimum atomic E-state index is 0.160. The first-order valence-corrected chi connectivity index (χ1v) is 5.26. The van der Waals surface area contributed by atoms with Crippen molar-refractivity contribution < 1.29 is 4.74 Å². The normalized spacial score (nSPS) is 12.7. The van der Waals surface area contributed by atoms with E-state index in [1.165, 1.54) is 0 Å². The summed E-state index contributed by atoms with van der Waals surface area (Å²) >= 11 is 0. The summed E-state index contributed by atoms with van der Waals surface area (Å²) in [7, 11) is 1.70. The quantitative estimate of drug-likeness (QED) is 0.708. The van der Waals surface area contributed by atoms with Gasteiger partial charge in [0.25, 0.3) is 0 Å². The molecule has 1 rings (SSSR count). The summed E-state index contributed by atoms with van der Waals surface area (Å²) in [5, 5.41) is 0. The molecule has 0 aliphatic carbocycles. The number of nitrogens with two attached hydrogens (primary N) is 1. The number of aryl methyl sites for hydroxylation is 1. The molecule has 1 aromatic heterocycles. The highest BCUT2D eigenvalue weighted by Gasteiger charge is 2.00. The maximum absolute atomic E-state index is 5.69. The average Bonchev–Trinajstić information content (AvgIpc) is 2.20. The molecule has 0 radical (unpaired) electrons. The lowest BCUT2D eigenvalue weighted by Crippen LogP contribution is -2.18. The Bertz CT molecular complexity index is 272. The van der Waals surface area contributed by atoms with Crippen LogP contribution >= 0.6 is 0 Å². The fourth-order valence-corrected chi connectivity index (χ4v) is 1.36. The zero-order valence-electron chi connectivity index (χ0n) is 9.44. The highest BCUT2D eigenvalue weighted by Crippen LogP contribution is 2.01. The predicted molar refractivity (Wildman–Crippen MR) is 59.6 cm³/mol. The van der Waals surface area contributed by atoms with Crippen LogP contribution in [0.4, 0.5) is 0 Å². The second-order valence-electron chi connectivity index (χ2n) is 3.79. The number of aromatic nitrogens is 2. The van der Waals surface area contributed by atoms with Gasteiger partial charge in [0.1, 0.15) is 5.82 Å². The number of hydrogen-bond donors (Lipinski definition) is 1. The molecule has 1 atom stereocenters. The van der Waals surface area contributed by atoms with Gasteiger partial charge in [-0.3, -0.25) is 0 Å². The van der Waals surface area contributed by atoms with Gasteiger partial charge in [0.2, 0.25) is 0 Å². The Labute approximate surface area is 90.9 Å². The second-order valence-corrected chi connectivity index (χ2v) is 3.79. The largest absolute Gasteiger partial charge is 0.385 e. The van der Waals surface area contributed by atoms with Gasteiger partial charge in [-0.25, -0.2) is 9.97 Å². The molecule has 0 spiro atoms. The van der Waals surface area contributed by atoms with Crippen LogP contribution in [0.25, 0.3) is 0 Å². The Morgan fingerprint density at radius 3 is 2.60 bits per heavy atom. The van der Waals surface area contributed by atoms with Crippen LogP contribution in [0.1, 0.15) is 24.7 Å². The van der Waals surface area contributed by atoms with Crippen molar-refractivity contribution in [2.75, 3.05) is 13.7 Å². The SMILES string of the molecule is COCCCc1ncc(CC(C)N)cn1. The molecule has 0 saturated carbocycles. The monoisotopic (exact) mass is 209 g/mol. The van der Waals surface area contributed by atoms with Gasteiger partial charge in [-0.1, -0.05) is 0 Å². The van der Waals surface area contributed by atoms with Crippen LogP contribution in [0.3, 0.4) is 0 Å². The number of hydrogen-bond acceptors (Lipinski definition) is 4. The van der Waals surface area contributed by atoms with Crippen LogP contribution in [0.5, 0.6) is 0 Å². The first-order valence-electron chi connectivity index (χ1n) is 5.26. The van der Waals surface area contributed by atoms with E-state index in [1.807, 2.05) is 19.3 Å². The Kier molecular flexibility index (Phi) is 5.21. The Morgan fingerprint density at radius 2 is 2.07 bits per heavy atom. The zero-order valence-corrected chi connectivity index (χ0v) is 9.44. The lowest BCUT2D eigenvalue weighted by atomic mass is 10.1. The fraction of sp³-hybridized carbons (Fsp3) is 0.636. The summed E-state index contributed by atoms with van der Waals surface area (Å²) in [5.74, 6) is 0.875. The van der Waals surface area contributed by atoms with E-state index >= 15 is 0 Å². The van der Waals surface area contributed by atoms with E-state index < -0.39 is 0 Å². The van der Waals surface area contributed by atoms with Gasteiger partial charge in [-0.15, -0.1) is 0 Å². The first-order chi connectivity index (χ1) is 7.22. The van der Waals surface area contributed by atoms with Crippen molar-refractivity contribution in [3.63, 3.8) is 0 Å². The highest BCUT2D eigenvalue weighted by atomic mass is 16.5. The van der Waals surface area contributed by atoms with E-state index in [0.717, 1.165) is 37.3 Å². The summed E-state index contributed by atoms with van der Waals surface area (Å²) in [6, 6.07) is 0.160. The van der Waals surface area contributed by atoms with Crippen LogP contribution in [0.15, 0.2) is 12.4 Å². The molecule has 0 amide bonds. The third-order valence-corrected chi connectivity index (χ3v) is 2.07. The van der Waals surface area contributed by atoms with E-state index in [9.17, 15) is 0 Å². The van der Waals surface area contributed by atoms with Crippen LogP contribution in [0, 0.1) is 0 Å². The number of nitrogens with zero attached hydrogens (tertiary/aromatic N) is 2. The Balaban J connectivity index is 2.42. The third-order valence-electron chi connectivity index (χ3n) is 2.07. The Morgan fingerprint density at radius 1 is 1.40 bits per heavy atom. The maximum atomic E-state index is 5.69. The average molecular weight is 209 g/mol. The van der Waals surface area contributed by atoms with E-state index in [4.69, 9.17) is 10.5 Å². The molecule has 4 heteroatoms. The van der Waals surface area contributed by atoms with E-state index in [0.29, 0.717) is 0 Å². The van der Waals surface area contributed by atoms with Crippen molar-refractivity contribution >= 4 is 0 Å². The van der Waals surface area contributed by atoms with Gasteiger partial charge in [-0.05, 0) is 25.3 Å². The smallest absolute Gasteiger partial charge is 0.128 e. The van der Waals surface area contributed by atoms with Crippen molar-refractivity contribution in [1.82, 2.24) is 9.97 Å². The van der Waals surface area contributed by atoms with Crippen LogP contribution in [0.2, 0.25) is 0 Å². The van der Waals surface area contributed by atoms with E-state index in [-0.39, 0.29) is 6.04 Å². The molecule has 0 saturated heterocycles. The molecule has 1 aromatic rings. The topological polar surface area (TPSA) is 61.0 Å². The van der Waals surface area contributed by atoms with Crippen molar-refractivity contribution in [3.8, 4) is 0 Å². The van der Waals surface area contributed by atoms with Crippen molar-refractivity contribution in [2.45, 2.75) is 32.2 Å². The summed E-state index contributed by atoms with van der Waals surface area (Å²) in [5.41, 5.74) is 6.79. The zero-order chi connectivity index (χ0) is 11.1. The molecule has 0 bridgehead atoms. The molecule has 0 aliphatic heterocycles. The number of ether oxygens (including phenoxy) is 1. The number of methoxy groups -OCH3 is 1. The maximum Gasteiger partial charge on any atom is 0.128 e. The molecule has 15 heavy (non-hydrogen) atoms. The molecule has 0 fully saturated rings. The van der Waals surface area contributed by atoms with Crippen molar-refractivity contribution in [2.24, 2.45) is 5.73 Å². The minimum absolute atomic E-state index is 0.160. The van der Waals surface area contributed by atoms with Crippen LogP contribution in [-0.4, -0.2) is 29.7 Å². The first kappa shape index (κ1) is 12.1. The third kappa shape index (κ3) is 4.85. The molecule has 2 N–H and O–H groups in total. The minimum Gasteiger partial charge on any atom is -0.385 e. The second kappa shape index (κ2) is 6.48. The molecule has 84 valence electrons. The molecule has 0 aliphatic rings. The summed E-state index contributed by atoms with van der Waals surface area (Å²) in [6.45, 7) is 2.73. The summed E-state index contributed by atoms with van der Waals surface area (Å²) < 4.78 is 4.97. The molecule has 1 heterocycles. The van der Waals surface area contributed by atoms with Gasteiger partial charge in [0.15, 0.2) is 0 Å². The van der Waals surface area contributed by atoms with Gasteiger partial charge in [-0.2, -0.15) is 0 Å². The van der Waals surface area contributed by atoms with Crippen molar-refractivity contribution in [1.29, 1.82) is 0 Å². The summed E-state index contributed by atoms with van der Waals surface area (Å²) in [6.07, 6.45) is 6.38. The lowest BCUT2D eigenvalue weighted by Gasteiger charge is -2.05. The fourth-order valence-electron chi connectivity index (χ4n) is 1.36. The molecule has 1 unspecified atom stereocenters. The van der Waals surface area contributed by atoms with Gasteiger partial charge < -0.3 is 10.5 Å². The molecular weight excluding hydrogens is 190 g/mol. The lowest BCUT2D eigenvalue weighted by molar-refractivity contribution is 0.194. The van der Waals surface area contributed by atoms with E-state index in [1.54, 1.807) is 7.11 Å². The molecule has 4 nitrogen and oxygen atoms in total.